The van der Waals surface area contributed by atoms with Crippen LogP contribution in [0.5, 0.6) is 11.5 Å². The van der Waals surface area contributed by atoms with Crippen molar-refractivity contribution in [1.29, 1.82) is 0 Å². The van der Waals surface area contributed by atoms with Crippen LogP contribution in [0.15, 0.2) is 77.7 Å². The molecule has 2 N–H and O–H groups in total. The van der Waals surface area contributed by atoms with E-state index in [1.54, 1.807) is 50.6 Å². The molecule has 0 aliphatic heterocycles. The van der Waals surface area contributed by atoms with Crippen LogP contribution in [0.1, 0.15) is 47.7 Å². The number of sulfonamides is 1. The molecule has 1 amide bonds. The van der Waals surface area contributed by atoms with Gasteiger partial charge < -0.3 is 14.8 Å². The summed E-state index contributed by atoms with van der Waals surface area (Å²) in [5, 5.41) is 2.82. The third-order valence-electron chi connectivity index (χ3n) is 6.10. The second-order valence-corrected chi connectivity index (χ2v) is 10.6. The van der Waals surface area contributed by atoms with Gasteiger partial charge in [0.05, 0.1) is 31.7 Å². The van der Waals surface area contributed by atoms with E-state index in [1.165, 1.54) is 12.1 Å². The second kappa shape index (κ2) is 14.3. The normalized spacial score (nSPS) is 12.2. The van der Waals surface area contributed by atoms with Crippen molar-refractivity contribution in [3.8, 4) is 11.5 Å². The Morgan fingerprint density at radius 2 is 1.59 bits per heavy atom. The highest BCUT2D eigenvalue weighted by Gasteiger charge is 2.24. The van der Waals surface area contributed by atoms with Crippen LogP contribution < -0.4 is 19.5 Å². The second-order valence-electron chi connectivity index (χ2n) is 8.81. The van der Waals surface area contributed by atoms with Crippen molar-refractivity contribution in [2.45, 2.75) is 37.1 Å². The van der Waals surface area contributed by atoms with Gasteiger partial charge in [-0.1, -0.05) is 74.4 Å². The van der Waals surface area contributed by atoms with Gasteiger partial charge in [0.2, 0.25) is 10.0 Å². The number of carbonyl (C=O) groups excluding carboxylic acids is 2. The van der Waals surface area contributed by atoms with Crippen molar-refractivity contribution in [1.82, 2.24) is 10.0 Å². The highest BCUT2D eigenvalue weighted by molar-refractivity contribution is 7.89. The van der Waals surface area contributed by atoms with Gasteiger partial charge in [-0.05, 0) is 47.9 Å². The van der Waals surface area contributed by atoms with Gasteiger partial charge in [0.1, 0.15) is 0 Å². The summed E-state index contributed by atoms with van der Waals surface area (Å²) in [4.78, 5) is 26.4. The van der Waals surface area contributed by atoms with Crippen LogP contribution >= 0.6 is 0 Å². The highest BCUT2D eigenvalue weighted by atomic mass is 32.2. The number of Topliss-reactive ketones (excluding diaryl/α,β-unsaturated/α-hetero) is 1. The molecule has 0 aromatic heterocycles. The first-order valence-electron chi connectivity index (χ1n) is 12.7. The van der Waals surface area contributed by atoms with E-state index in [0.717, 1.165) is 12.0 Å². The topological polar surface area (TPSA) is 111 Å². The van der Waals surface area contributed by atoms with Crippen molar-refractivity contribution >= 4 is 33.9 Å². The molecule has 0 radical (unpaired) electrons. The highest BCUT2D eigenvalue weighted by Crippen LogP contribution is 2.28. The zero-order valence-corrected chi connectivity index (χ0v) is 23.2. The summed E-state index contributed by atoms with van der Waals surface area (Å²) < 4.78 is 38.1. The molecule has 39 heavy (non-hydrogen) atoms. The van der Waals surface area contributed by atoms with E-state index < -0.39 is 34.3 Å². The number of nitrogens with one attached hydrogen (secondary N) is 2. The number of unbranched alkanes of at least 4 members (excludes halogenated alkanes) is 1. The van der Waals surface area contributed by atoms with E-state index in [4.69, 9.17) is 9.47 Å². The van der Waals surface area contributed by atoms with Crippen molar-refractivity contribution in [3.05, 3.63) is 89.5 Å². The lowest BCUT2D eigenvalue weighted by molar-refractivity contribution is -0.120. The van der Waals surface area contributed by atoms with E-state index in [9.17, 15) is 18.0 Å². The molecule has 0 spiro atoms. The maximum absolute atomic E-state index is 13.3. The molecule has 0 aliphatic rings. The number of ketones is 1. The zero-order valence-electron chi connectivity index (χ0n) is 22.3. The maximum atomic E-state index is 13.3. The third kappa shape index (κ3) is 8.27. The molecule has 0 heterocycles. The summed E-state index contributed by atoms with van der Waals surface area (Å²) in [5.41, 5.74) is 1.91. The summed E-state index contributed by atoms with van der Waals surface area (Å²) in [5.74, 6) is 0.381. The van der Waals surface area contributed by atoms with Gasteiger partial charge in [0.15, 0.2) is 17.3 Å². The summed E-state index contributed by atoms with van der Waals surface area (Å²) in [6, 6.07) is 19.6. The van der Waals surface area contributed by atoms with Gasteiger partial charge >= 0.3 is 0 Å². The first kappa shape index (κ1) is 29.6. The van der Waals surface area contributed by atoms with Crippen LogP contribution in [0.2, 0.25) is 0 Å². The number of amides is 1. The molecule has 3 aromatic carbocycles. The fraction of sp³-hybridized carbons (Fsp3) is 0.267. The summed E-state index contributed by atoms with van der Waals surface area (Å²) in [7, 11) is -0.718. The predicted octanol–water partition coefficient (Wildman–Crippen LogP) is 4.71. The van der Waals surface area contributed by atoms with Gasteiger partial charge in [-0.3, -0.25) is 9.59 Å². The number of ether oxygens (including phenoxy) is 2. The Hall–Kier alpha value is -3.95. The minimum absolute atomic E-state index is 0.0714. The molecule has 3 rings (SSSR count). The number of rotatable bonds is 14. The van der Waals surface area contributed by atoms with Gasteiger partial charge in [-0.2, -0.15) is 0 Å². The van der Waals surface area contributed by atoms with E-state index in [0.29, 0.717) is 35.5 Å². The van der Waals surface area contributed by atoms with Crippen LogP contribution in [0, 0.1) is 0 Å². The lowest BCUT2D eigenvalue weighted by Gasteiger charge is -2.19. The van der Waals surface area contributed by atoms with Crippen molar-refractivity contribution < 1.29 is 27.5 Å². The lowest BCUT2D eigenvalue weighted by Crippen LogP contribution is -2.45. The molecule has 8 nitrogen and oxygen atoms in total. The summed E-state index contributed by atoms with van der Waals surface area (Å²) >= 11 is 0. The molecule has 206 valence electrons. The average molecular weight is 551 g/mol. The lowest BCUT2D eigenvalue weighted by atomic mass is 10.0. The van der Waals surface area contributed by atoms with Gasteiger partial charge in [0, 0.05) is 5.56 Å². The largest absolute Gasteiger partial charge is 0.493 e. The molecule has 0 saturated heterocycles. The molecule has 3 aromatic rings. The summed E-state index contributed by atoms with van der Waals surface area (Å²) in [6.45, 7) is 1.56. The molecule has 0 bridgehead atoms. The number of hydrogen-bond donors (Lipinski definition) is 2. The van der Waals surface area contributed by atoms with E-state index in [-0.39, 0.29) is 4.90 Å². The zero-order chi connectivity index (χ0) is 28.3. The molecule has 1 atom stereocenters. The number of methoxy groups -OCH3 is 2. The number of carbonyl (C=O) groups is 2. The Morgan fingerprint density at radius 3 is 2.28 bits per heavy atom. The SMILES string of the molecule is CCCCC(NC(=O)c1ccccc1C=Cc1ccc(OC)c(OC)c1)C(=O)CNS(=O)(=O)c1ccccc1. The Morgan fingerprint density at radius 1 is 0.897 bits per heavy atom. The monoisotopic (exact) mass is 550 g/mol. The quantitative estimate of drug-likeness (QED) is 0.281. The molecular weight excluding hydrogens is 516 g/mol. The van der Waals surface area contributed by atoms with Gasteiger partial charge in [-0.15, -0.1) is 0 Å². The van der Waals surface area contributed by atoms with Gasteiger partial charge in [-0.25, -0.2) is 13.1 Å². The third-order valence-corrected chi connectivity index (χ3v) is 7.52. The fourth-order valence-corrected chi connectivity index (χ4v) is 4.94. The minimum Gasteiger partial charge on any atom is -0.493 e. The molecule has 0 saturated carbocycles. The van der Waals surface area contributed by atoms with Crippen LogP contribution in [-0.2, 0) is 14.8 Å². The Balaban J connectivity index is 1.75. The molecule has 0 aliphatic carbocycles. The first-order chi connectivity index (χ1) is 18.8. The molecule has 1 unspecified atom stereocenters. The number of benzene rings is 3. The Bertz CT molecular complexity index is 1400. The van der Waals surface area contributed by atoms with E-state index in [1.807, 2.05) is 43.3 Å². The van der Waals surface area contributed by atoms with E-state index >= 15 is 0 Å². The van der Waals surface area contributed by atoms with Crippen LogP contribution in [0.4, 0.5) is 0 Å². The molecule has 0 fully saturated rings. The summed E-state index contributed by atoms with van der Waals surface area (Å²) in [6.07, 6.45) is 5.58. The standard InChI is InChI=1S/C30H34N2O6S/c1-4-5-15-26(27(33)21-31-39(35,36)24-12-7-6-8-13-24)32-30(34)25-14-10-9-11-23(25)18-16-22-17-19-28(37-2)29(20-22)38-3/h6-14,16-20,26,31H,4-5,15,21H2,1-3H3,(H,32,34). The molecule has 9 heteroatoms. The van der Waals surface area contributed by atoms with Crippen molar-refractivity contribution in [2.75, 3.05) is 20.8 Å². The Labute approximate surface area is 230 Å². The first-order valence-corrected chi connectivity index (χ1v) is 14.1. The Kier molecular flexibility index (Phi) is 10.8. The van der Waals surface area contributed by atoms with Crippen molar-refractivity contribution in [2.24, 2.45) is 0 Å². The van der Waals surface area contributed by atoms with Crippen molar-refractivity contribution in [3.63, 3.8) is 0 Å². The minimum atomic E-state index is -3.85. The predicted molar refractivity (Wildman–Crippen MR) is 152 cm³/mol. The number of hydrogen-bond acceptors (Lipinski definition) is 6. The molecular formula is C30H34N2O6S. The van der Waals surface area contributed by atoms with Crippen LogP contribution in [0.25, 0.3) is 12.2 Å². The van der Waals surface area contributed by atoms with Crippen LogP contribution in [-0.4, -0.2) is 46.9 Å². The fourth-order valence-electron chi connectivity index (χ4n) is 3.92. The maximum Gasteiger partial charge on any atom is 0.252 e. The smallest absolute Gasteiger partial charge is 0.252 e. The van der Waals surface area contributed by atoms with Gasteiger partial charge in [0.25, 0.3) is 5.91 Å². The average Bonchev–Trinajstić information content (AvgIpc) is 2.97. The van der Waals surface area contributed by atoms with E-state index in [2.05, 4.69) is 10.0 Å². The van der Waals surface area contributed by atoms with Crippen LogP contribution in [0.3, 0.4) is 0 Å².